The van der Waals surface area contributed by atoms with Gasteiger partial charge in [-0.05, 0) is 53.2 Å². The van der Waals surface area contributed by atoms with Gasteiger partial charge in [-0.3, -0.25) is 0 Å². The van der Waals surface area contributed by atoms with E-state index in [1.165, 1.54) is 10.4 Å². The molecule has 0 fully saturated rings. The number of halogens is 2. The van der Waals surface area contributed by atoms with Gasteiger partial charge in [-0.2, -0.15) is 0 Å². The van der Waals surface area contributed by atoms with Gasteiger partial charge in [-0.1, -0.05) is 17.7 Å². The summed E-state index contributed by atoms with van der Waals surface area (Å²) >= 11 is 11.2. The molecule has 1 aromatic carbocycles. The topological polar surface area (TPSA) is 30.5 Å². The minimum atomic E-state index is 0.205. The molecule has 6 heteroatoms. The Morgan fingerprint density at radius 3 is 2.48 bits per heavy atom. The molecule has 1 atom stereocenters. The monoisotopic (exact) mass is 389 g/mol. The predicted molar refractivity (Wildman–Crippen MR) is 92.1 cm³/mol. The normalized spacial score (nSPS) is 12.2. The highest BCUT2D eigenvalue weighted by molar-refractivity contribution is 9.10. The molecule has 0 amide bonds. The van der Waals surface area contributed by atoms with Gasteiger partial charge in [0.1, 0.15) is 4.34 Å². The maximum absolute atomic E-state index is 6.13. The van der Waals surface area contributed by atoms with E-state index in [1.54, 1.807) is 25.6 Å². The molecule has 0 spiro atoms. The zero-order valence-corrected chi connectivity index (χ0v) is 15.2. The van der Waals surface area contributed by atoms with E-state index in [0.29, 0.717) is 0 Å². The lowest BCUT2D eigenvalue weighted by molar-refractivity contribution is 0.354. The van der Waals surface area contributed by atoms with Gasteiger partial charge >= 0.3 is 0 Å². The van der Waals surface area contributed by atoms with Crippen molar-refractivity contribution in [1.82, 2.24) is 5.32 Å². The summed E-state index contributed by atoms with van der Waals surface area (Å²) in [5.74, 6) is 1.49. The Bertz CT molecular complexity index is 598. The standard InChI is InChI=1S/C15H17BrClNO2S/c1-18-11(14-8-10(16)15(17)21-14)6-9-4-5-12(19-2)13(7-9)20-3/h4-5,7-8,11,18H,6H2,1-3H3. The second-order valence-corrected chi connectivity index (χ2v) is 7.05. The molecule has 114 valence electrons. The summed E-state index contributed by atoms with van der Waals surface area (Å²) in [6, 6.07) is 8.26. The number of hydrogen-bond donors (Lipinski definition) is 1. The fourth-order valence-electron chi connectivity index (χ4n) is 2.12. The molecule has 0 radical (unpaired) electrons. The molecule has 2 aromatic rings. The van der Waals surface area contributed by atoms with Crippen molar-refractivity contribution >= 4 is 38.9 Å². The Morgan fingerprint density at radius 1 is 1.24 bits per heavy atom. The van der Waals surface area contributed by atoms with Crippen LogP contribution in [0.15, 0.2) is 28.7 Å². The van der Waals surface area contributed by atoms with Crippen LogP contribution in [0.1, 0.15) is 16.5 Å². The Morgan fingerprint density at radius 2 is 1.95 bits per heavy atom. The Balaban J connectivity index is 2.22. The zero-order chi connectivity index (χ0) is 15.4. The van der Waals surface area contributed by atoms with Crippen LogP contribution in [0.5, 0.6) is 11.5 Å². The molecule has 0 aliphatic rings. The molecule has 0 bridgehead atoms. The molecule has 1 unspecified atom stereocenters. The summed E-state index contributed by atoms with van der Waals surface area (Å²) in [5.41, 5.74) is 1.17. The highest BCUT2D eigenvalue weighted by Gasteiger charge is 2.16. The molecule has 1 aromatic heterocycles. The minimum absolute atomic E-state index is 0.205. The SMILES string of the molecule is CNC(Cc1ccc(OC)c(OC)c1)c1cc(Br)c(Cl)s1. The van der Waals surface area contributed by atoms with Crippen molar-refractivity contribution in [3.05, 3.63) is 43.5 Å². The number of benzene rings is 1. The summed E-state index contributed by atoms with van der Waals surface area (Å²) in [5, 5.41) is 3.33. The van der Waals surface area contributed by atoms with E-state index < -0.39 is 0 Å². The lowest BCUT2D eigenvalue weighted by Gasteiger charge is -2.16. The molecule has 1 heterocycles. The molecule has 0 aliphatic carbocycles. The fourth-order valence-corrected chi connectivity index (χ4v) is 3.97. The van der Waals surface area contributed by atoms with Crippen molar-refractivity contribution in [1.29, 1.82) is 0 Å². The van der Waals surface area contributed by atoms with Crippen molar-refractivity contribution < 1.29 is 9.47 Å². The van der Waals surface area contributed by atoms with Crippen molar-refractivity contribution in [3.8, 4) is 11.5 Å². The quantitative estimate of drug-likeness (QED) is 0.776. The van der Waals surface area contributed by atoms with Gasteiger partial charge in [0.25, 0.3) is 0 Å². The van der Waals surface area contributed by atoms with Gasteiger partial charge in [0.2, 0.25) is 0 Å². The molecular weight excluding hydrogens is 374 g/mol. The molecule has 0 saturated carbocycles. The van der Waals surface area contributed by atoms with Gasteiger partial charge in [0.05, 0.1) is 14.2 Å². The van der Waals surface area contributed by atoms with Gasteiger partial charge < -0.3 is 14.8 Å². The summed E-state index contributed by atoms with van der Waals surface area (Å²) < 4.78 is 12.3. The van der Waals surface area contributed by atoms with Crippen LogP contribution in [0.4, 0.5) is 0 Å². The lowest BCUT2D eigenvalue weighted by Crippen LogP contribution is -2.17. The second kappa shape index (κ2) is 7.49. The first-order chi connectivity index (χ1) is 10.1. The average molecular weight is 391 g/mol. The van der Waals surface area contributed by atoms with E-state index in [4.69, 9.17) is 21.1 Å². The minimum Gasteiger partial charge on any atom is -0.493 e. The smallest absolute Gasteiger partial charge is 0.160 e. The van der Waals surface area contributed by atoms with Crippen LogP contribution in [0.3, 0.4) is 0 Å². The highest BCUT2D eigenvalue weighted by atomic mass is 79.9. The van der Waals surface area contributed by atoms with Crippen LogP contribution in [0.25, 0.3) is 0 Å². The fraction of sp³-hybridized carbons (Fsp3) is 0.333. The molecule has 3 nitrogen and oxygen atoms in total. The maximum Gasteiger partial charge on any atom is 0.160 e. The van der Waals surface area contributed by atoms with Crippen LogP contribution in [-0.4, -0.2) is 21.3 Å². The number of likely N-dealkylation sites (N-methyl/N-ethyl adjacent to an activating group) is 1. The van der Waals surface area contributed by atoms with Crippen molar-refractivity contribution in [2.24, 2.45) is 0 Å². The van der Waals surface area contributed by atoms with Crippen LogP contribution in [0, 0.1) is 0 Å². The van der Waals surface area contributed by atoms with Crippen molar-refractivity contribution in [3.63, 3.8) is 0 Å². The number of ether oxygens (including phenoxy) is 2. The van der Waals surface area contributed by atoms with Crippen LogP contribution in [0.2, 0.25) is 4.34 Å². The van der Waals surface area contributed by atoms with E-state index in [-0.39, 0.29) is 6.04 Å². The Hall–Kier alpha value is -0.750. The first-order valence-corrected chi connectivity index (χ1v) is 8.40. The zero-order valence-electron chi connectivity index (χ0n) is 12.1. The van der Waals surface area contributed by atoms with Gasteiger partial charge in [0, 0.05) is 15.4 Å². The first kappa shape index (κ1) is 16.6. The van der Waals surface area contributed by atoms with Crippen LogP contribution < -0.4 is 14.8 Å². The van der Waals surface area contributed by atoms with E-state index in [2.05, 4.69) is 33.4 Å². The Labute approximate surface area is 142 Å². The van der Waals surface area contributed by atoms with E-state index >= 15 is 0 Å². The number of rotatable bonds is 6. The average Bonchev–Trinajstić information content (AvgIpc) is 2.83. The van der Waals surface area contributed by atoms with Crippen molar-refractivity contribution in [2.75, 3.05) is 21.3 Å². The summed E-state index contributed by atoms with van der Waals surface area (Å²) in [7, 11) is 5.24. The molecule has 0 saturated heterocycles. The predicted octanol–water partition coefficient (Wildman–Crippen LogP) is 4.68. The molecular formula is C15H17BrClNO2S. The number of thiophene rings is 1. The molecule has 21 heavy (non-hydrogen) atoms. The molecule has 2 rings (SSSR count). The number of hydrogen-bond acceptors (Lipinski definition) is 4. The van der Waals surface area contributed by atoms with Gasteiger partial charge in [0.15, 0.2) is 11.5 Å². The third kappa shape index (κ3) is 3.92. The van der Waals surface area contributed by atoms with Crippen LogP contribution >= 0.6 is 38.9 Å². The number of methoxy groups -OCH3 is 2. The number of nitrogens with one attached hydrogen (secondary N) is 1. The summed E-state index contributed by atoms with van der Waals surface area (Å²) in [4.78, 5) is 1.20. The molecule has 0 aliphatic heterocycles. The molecule has 1 N–H and O–H groups in total. The summed E-state index contributed by atoms with van der Waals surface area (Å²) in [6.07, 6.45) is 0.847. The third-order valence-corrected chi connectivity index (χ3v) is 5.83. The maximum atomic E-state index is 6.13. The van der Waals surface area contributed by atoms with E-state index in [1.807, 2.05) is 19.2 Å². The van der Waals surface area contributed by atoms with Gasteiger partial charge in [-0.15, -0.1) is 11.3 Å². The first-order valence-electron chi connectivity index (χ1n) is 6.42. The lowest BCUT2D eigenvalue weighted by atomic mass is 10.0. The van der Waals surface area contributed by atoms with E-state index in [0.717, 1.165) is 26.7 Å². The Kier molecular flexibility index (Phi) is 5.93. The van der Waals surface area contributed by atoms with E-state index in [9.17, 15) is 0 Å². The van der Waals surface area contributed by atoms with Crippen molar-refractivity contribution in [2.45, 2.75) is 12.5 Å². The van der Waals surface area contributed by atoms with Gasteiger partial charge in [-0.25, -0.2) is 0 Å². The third-order valence-electron chi connectivity index (χ3n) is 3.24. The second-order valence-electron chi connectivity index (χ2n) is 4.51. The summed E-state index contributed by atoms with van der Waals surface area (Å²) in [6.45, 7) is 0. The largest absolute Gasteiger partial charge is 0.493 e. The highest BCUT2D eigenvalue weighted by Crippen LogP contribution is 2.37. The van der Waals surface area contributed by atoms with Crippen LogP contribution in [-0.2, 0) is 6.42 Å².